The van der Waals surface area contributed by atoms with Gasteiger partial charge in [0.25, 0.3) is 0 Å². The summed E-state index contributed by atoms with van der Waals surface area (Å²) in [4.78, 5) is 36.8. The van der Waals surface area contributed by atoms with Crippen LogP contribution in [0.4, 0.5) is 0 Å². The van der Waals surface area contributed by atoms with E-state index in [2.05, 4.69) is 6.58 Å². The summed E-state index contributed by atoms with van der Waals surface area (Å²) in [6, 6.07) is 0. The SMILES string of the molecule is C=C(C)C(=O)OCC(=O)OC12CC3CC(C1)CC(OC14CC5CC(C1)OC(=O)C(C5)C4)(C3)C2. The predicted octanol–water partition coefficient (Wildman–Crippen LogP) is 3.63. The van der Waals surface area contributed by atoms with E-state index in [0.717, 1.165) is 64.2 Å². The highest BCUT2D eigenvalue weighted by molar-refractivity contribution is 5.88. The van der Waals surface area contributed by atoms with Crippen LogP contribution in [-0.4, -0.2) is 47.4 Å². The Hall–Kier alpha value is -1.89. The number of esters is 3. The molecule has 6 saturated carbocycles. The van der Waals surface area contributed by atoms with Gasteiger partial charge in [0, 0.05) is 18.4 Å². The van der Waals surface area contributed by atoms with Gasteiger partial charge in [0.2, 0.25) is 0 Å². The number of hydrogen-bond donors (Lipinski definition) is 0. The molecule has 8 fully saturated rings. The second-order valence-corrected chi connectivity index (χ2v) is 12.1. The van der Waals surface area contributed by atoms with Crippen molar-refractivity contribution in [2.75, 3.05) is 6.61 Å². The van der Waals surface area contributed by atoms with E-state index < -0.39 is 17.5 Å². The number of hydrogen-bond acceptors (Lipinski definition) is 7. The molecule has 2 saturated heterocycles. The third kappa shape index (κ3) is 3.80. The van der Waals surface area contributed by atoms with Gasteiger partial charge in [-0.2, -0.15) is 0 Å². The molecule has 8 bridgehead atoms. The Balaban J connectivity index is 1.20. The van der Waals surface area contributed by atoms with E-state index in [9.17, 15) is 14.4 Å². The van der Waals surface area contributed by atoms with E-state index in [-0.39, 0.29) is 41.4 Å². The molecule has 0 aromatic rings. The minimum Gasteiger partial charge on any atom is -0.462 e. The van der Waals surface area contributed by atoms with Crippen LogP contribution in [0.3, 0.4) is 0 Å². The molecular weight excluding hydrogens is 424 g/mol. The molecule has 0 aromatic heterocycles. The van der Waals surface area contributed by atoms with Crippen LogP contribution < -0.4 is 0 Å². The van der Waals surface area contributed by atoms with Crippen molar-refractivity contribution in [3.63, 3.8) is 0 Å². The minimum absolute atomic E-state index is 0.0209. The molecule has 7 nitrogen and oxygen atoms in total. The van der Waals surface area contributed by atoms with Crippen molar-refractivity contribution in [3.8, 4) is 0 Å². The van der Waals surface area contributed by atoms with Gasteiger partial charge in [-0.3, -0.25) is 4.79 Å². The van der Waals surface area contributed by atoms with Crippen molar-refractivity contribution >= 4 is 17.9 Å². The number of carbonyl (C=O) groups is 3. The van der Waals surface area contributed by atoms with Gasteiger partial charge in [-0.1, -0.05) is 6.58 Å². The van der Waals surface area contributed by atoms with E-state index in [1.807, 2.05) is 0 Å². The summed E-state index contributed by atoms with van der Waals surface area (Å²) in [5, 5.41) is 0. The Bertz CT molecular complexity index is 894. The van der Waals surface area contributed by atoms with Crippen LogP contribution >= 0.6 is 0 Å². The van der Waals surface area contributed by atoms with Crippen LogP contribution in [0.1, 0.15) is 77.6 Å². The summed E-state index contributed by atoms with van der Waals surface area (Å²) in [5.41, 5.74) is -0.878. The number of ether oxygens (including phenoxy) is 4. The third-order valence-corrected chi connectivity index (χ3v) is 9.10. The third-order valence-electron chi connectivity index (χ3n) is 9.10. The average molecular weight is 459 g/mol. The largest absolute Gasteiger partial charge is 0.462 e. The monoisotopic (exact) mass is 458 g/mol. The summed E-state index contributed by atoms with van der Waals surface area (Å²) in [6.07, 6.45) is 10.0. The van der Waals surface area contributed by atoms with Gasteiger partial charge in [0.05, 0.1) is 17.1 Å². The molecule has 6 unspecified atom stereocenters. The summed E-state index contributed by atoms with van der Waals surface area (Å²) in [7, 11) is 0. The van der Waals surface area contributed by atoms with Crippen molar-refractivity contribution in [3.05, 3.63) is 12.2 Å². The van der Waals surface area contributed by atoms with Crippen LogP contribution in [0.5, 0.6) is 0 Å². The second kappa shape index (κ2) is 7.30. The lowest BCUT2D eigenvalue weighted by atomic mass is 9.51. The fraction of sp³-hybridized carbons (Fsp3) is 0.808. The smallest absolute Gasteiger partial charge is 0.344 e. The van der Waals surface area contributed by atoms with Crippen molar-refractivity contribution in [1.82, 2.24) is 0 Å². The molecule has 8 rings (SSSR count). The first-order valence-corrected chi connectivity index (χ1v) is 12.6. The molecule has 180 valence electrons. The molecule has 6 aliphatic carbocycles. The predicted molar refractivity (Wildman–Crippen MR) is 116 cm³/mol. The Labute approximate surface area is 194 Å². The van der Waals surface area contributed by atoms with Crippen LogP contribution in [0.15, 0.2) is 12.2 Å². The Morgan fingerprint density at radius 1 is 0.939 bits per heavy atom. The Kier molecular flexibility index (Phi) is 4.79. The van der Waals surface area contributed by atoms with Gasteiger partial charge in [0.1, 0.15) is 11.7 Å². The van der Waals surface area contributed by atoms with Crippen LogP contribution in [0.2, 0.25) is 0 Å². The first kappa shape index (κ1) is 21.6. The molecule has 8 aliphatic rings. The first-order chi connectivity index (χ1) is 15.6. The fourth-order valence-corrected chi connectivity index (χ4v) is 8.81. The standard InChI is InChI=1S/C26H34O7/c1-15(2)22(28)30-13-21(27)32-25-7-17-3-18(8-25)10-26(9-17,14-25)33-24-6-16-4-19(11-24)23(29)31-20(5-16)12-24/h16-20H,1,3-14H2,2H3. The minimum atomic E-state index is -0.577. The van der Waals surface area contributed by atoms with Crippen molar-refractivity contribution in [2.45, 2.75) is 100 Å². The molecule has 0 amide bonds. The molecule has 7 heteroatoms. The molecule has 0 spiro atoms. The molecular formula is C26H34O7. The number of rotatable bonds is 6. The normalized spacial score (nSPS) is 46.6. The van der Waals surface area contributed by atoms with Crippen LogP contribution in [0.25, 0.3) is 0 Å². The van der Waals surface area contributed by atoms with Gasteiger partial charge < -0.3 is 18.9 Å². The summed E-state index contributed by atoms with van der Waals surface area (Å²) >= 11 is 0. The summed E-state index contributed by atoms with van der Waals surface area (Å²) in [6.45, 7) is 4.72. The fourth-order valence-electron chi connectivity index (χ4n) is 8.81. The average Bonchev–Trinajstić information content (AvgIpc) is 2.84. The summed E-state index contributed by atoms with van der Waals surface area (Å²) < 4.78 is 24.1. The number of carbonyl (C=O) groups excluding carboxylic acids is 3. The second-order valence-electron chi connectivity index (χ2n) is 12.1. The maximum Gasteiger partial charge on any atom is 0.344 e. The maximum absolute atomic E-state index is 12.6. The molecule has 0 radical (unpaired) electrons. The highest BCUT2D eigenvalue weighted by atomic mass is 16.6. The topological polar surface area (TPSA) is 88.1 Å². The van der Waals surface area contributed by atoms with E-state index >= 15 is 0 Å². The highest BCUT2D eigenvalue weighted by Crippen LogP contribution is 2.63. The van der Waals surface area contributed by atoms with Crippen molar-refractivity contribution in [2.24, 2.45) is 23.7 Å². The zero-order valence-corrected chi connectivity index (χ0v) is 19.4. The molecule has 2 aliphatic heterocycles. The first-order valence-electron chi connectivity index (χ1n) is 12.6. The van der Waals surface area contributed by atoms with Gasteiger partial charge in [0.15, 0.2) is 6.61 Å². The van der Waals surface area contributed by atoms with Gasteiger partial charge in [-0.15, -0.1) is 0 Å². The lowest BCUT2D eigenvalue weighted by Crippen LogP contribution is -2.64. The van der Waals surface area contributed by atoms with Crippen LogP contribution in [0, 0.1) is 23.7 Å². The van der Waals surface area contributed by atoms with Crippen molar-refractivity contribution < 1.29 is 33.3 Å². The van der Waals surface area contributed by atoms with Crippen molar-refractivity contribution in [1.29, 1.82) is 0 Å². The zero-order valence-electron chi connectivity index (χ0n) is 19.4. The number of fused-ring (bicyclic) bond motifs is 1. The Morgan fingerprint density at radius 2 is 1.64 bits per heavy atom. The van der Waals surface area contributed by atoms with Gasteiger partial charge in [-0.25, -0.2) is 9.59 Å². The lowest BCUT2D eigenvalue weighted by Gasteiger charge is -2.63. The van der Waals surface area contributed by atoms with Gasteiger partial charge in [-0.05, 0) is 82.5 Å². The summed E-state index contributed by atoms with van der Waals surface area (Å²) in [5.74, 6) is 0.307. The van der Waals surface area contributed by atoms with Crippen LogP contribution in [-0.2, 0) is 33.3 Å². The van der Waals surface area contributed by atoms with E-state index in [1.165, 1.54) is 0 Å². The van der Waals surface area contributed by atoms with E-state index in [4.69, 9.17) is 18.9 Å². The molecule has 0 N–H and O–H groups in total. The van der Waals surface area contributed by atoms with E-state index in [0.29, 0.717) is 24.2 Å². The molecule has 0 aromatic carbocycles. The quantitative estimate of drug-likeness (QED) is 0.341. The van der Waals surface area contributed by atoms with Gasteiger partial charge >= 0.3 is 17.9 Å². The highest BCUT2D eigenvalue weighted by Gasteiger charge is 2.64. The molecule has 33 heavy (non-hydrogen) atoms. The molecule has 6 atom stereocenters. The van der Waals surface area contributed by atoms with E-state index in [1.54, 1.807) is 6.92 Å². The lowest BCUT2D eigenvalue weighted by molar-refractivity contribution is -0.281. The maximum atomic E-state index is 12.6. The Morgan fingerprint density at radius 3 is 2.36 bits per heavy atom. The molecule has 2 heterocycles. The zero-order chi connectivity index (χ0) is 23.0.